The summed E-state index contributed by atoms with van der Waals surface area (Å²) in [6.45, 7) is 1.67. The average Bonchev–Trinajstić information content (AvgIpc) is 2.61. The zero-order chi connectivity index (χ0) is 19.9. The minimum Gasteiger partial charge on any atom is -0.490 e. The summed E-state index contributed by atoms with van der Waals surface area (Å²) in [6.07, 6.45) is -3.30. The number of amides is 1. The zero-order valence-electron chi connectivity index (χ0n) is 14.3. The molecule has 0 heterocycles. The van der Waals surface area contributed by atoms with Crippen LogP contribution in [0, 0.1) is 0 Å². The molecule has 0 atom stereocenters. The van der Waals surface area contributed by atoms with Gasteiger partial charge in [0.25, 0.3) is 5.91 Å². The van der Waals surface area contributed by atoms with Crippen LogP contribution in [0.15, 0.2) is 47.6 Å². The molecule has 0 saturated carbocycles. The van der Waals surface area contributed by atoms with Crippen molar-refractivity contribution in [3.63, 3.8) is 0 Å². The first-order valence-corrected chi connectivity index (χ1v) is 7.87. The number of hydrogen-bond acceptors (Lipinski definition) is 5. The number of hydrogen-bond donors (Lipinski definition) is 2. The lowest BCUT2D eigenvalue weighted by molar-refractivity contribution is -0.137. The molecule has 0 aliphatic heterocycles. The van der Waals surface area contributed by atoms with Gasteiger partial charge in [-0.05, 0) is 43.3 Å². The van der Waals surface area contributed by atoms with Crippen molar-refractivity contribution in [2.75, 3.05) is 18.5 Å². The van der Waals surface area contributed by atoms with E-state index < -0.39 is 24.3 Å². The van der Waals surface area contributed by atoms with E-state index in [4.69, 9.17) is 14.7 Å². The lowest BCUT2D eigenvalue weighted by atomic mass is 10.2. The van der Waals surface area contributed by atoms with Gasteiger partial charge in [0.05, 0.1) is 18.4 Å². The molecule has 0 aliphatic rings. The van der Waals surface area contributed by atoms with E-state index in [1.165, 1.54) is 24.4 Å². The summed E-state index contributed by atoms with van der Waals surface area (Å²) in [7, 11) is 0. The molecule has 2 rings (SSSR count). The minimum atomic E-state index is -4.50. The van der Waals surface area contributed by atoms with Crippen molar-refractivity contribution >= 4 is 17.8 Å². The lowest BCUT2D eigenvalue weighted by Crippen LogP contribution is -2.20. The van der Waals surface area contributed by atoms with Crippen LogP contribution in [0.4, 0.5) is 18.9 Å². The molecule has 0 radical (unpaired) electrons. The smallest absolute Gasteiger partial charge is 0.416 e. The van der Waals surface area contributed by atoms with E-state index in [2.05, 4.69) is 10.5 Å². The van der Waals surface area contributed by atoms with Crippen LogP contribution in [0.1, 0.15) is 18.1 Å². The Morgan fingerprint density at radius 1 is 1.19 bits per heavy atom. The molecule has 2 aromatic carbocycles. The number of halogens is 3. The molecule has 0 unspecified atom stereocenters. The Hall–Kier alpha value is -3.23. The third kappa shape index (κ3) is 5.91. The fraction of sp³-hybridized carbons (Fsp3) is 0.222. The highest BCUT2D eigenvalue weighted by molar-refractivity contribution is 5.92. The zero-order valence-corrected chi connectivity index (χ0v) is 14.3. The maximum atomic E-state index is 12.7. The Balaban J connectivity index is 2.03. The lowest BCUT2D eigenvalue weighted by Gasteiger charge is -2.13. The van der Waals surface area contributed by atoms with E-state index in [0.29, 0.717) is 17.9 Å². The van der Waals surface area contributed by atoms with Crippen molar-refractivity contribution in [1.29, 1.82) is 0 Å². The van der Waals surface area contributed by atoms with Gasteiger partial charge in [-0.3, -0.25) is 4.79 Å². The van der Waals surface area contributed by atoms with Gasteiger partial charge in [0.1, 0.15) is 0 Å². The van der Waals surface area contributed by atoms with Gasteiger partial charge >= 0.3 is 6.18 Å². The summed E-state index contributed by atoms with van der Waals surface area (Å²) in [5.74, 6) is -0.0225. The van der Waals surface area contributed by atoms with E-state index in [1.54, 1.807) is 19.1 Å². The Kier molecular flexibility index (Phi) is 6.64. The predicted molar refractivity (Wildman–Crippen MR) is 92.6 cm³/mol. The van der Waals surface area contributed by atoms with Crippen LogP contribution in [0.25, 0.3) is 0 Å². The summed E-state index contributed by atoms with van der Waals surface area (Å²) >= 11 is 0. The summed E-state index contributed by atoms with van der Waals surface area (Å²) in [4.78, 5) is 12.0. The highest BCUT2D eigenvalue weighted by Gasteiger charge is 2.30. The Morgan fingerprint density at radius 3 is 2.63 bits per heavy atom. The Labute approximate surface area is 153 Å². The van der Waals surface area contributed by atoms with Crippen molar-refractivity contribution in [2.45, 2.75) is 13.1 Å². The Bertz CT molecular complexity index is 822. The van der Waals surface area contributed by atoms with Gasteiger partial charge in [-0.15, -0.1) is 0 Å². The number of nitrogens with zero attached hydrogens (tertiary/aromatic N) is 1. The third-order valence-electron chi connectivity index (χ3n) is 3.31. The summed E-state index contributed by atoms with van der Waals surface area (Å²) < 4.78 is 48.9. The molecule has 27 heavy (non-hydrogen) atoms. The predicted octanol–water partition coefficient (Wildman–Crippen LogP) is 3.93. The van der Waals surface area contributed by atoms with E-state index in [9.17, 15) is 18.0 Å². The van der Waals surface area contributed by atoms with Gasteiger partial charge in [0, 0.05) is 11.3 Å². The van der Waals surface area contributed by atoms with E-state index in [0.717, 1.165) is 12.1 Å². The van der Waals surface area contributed by atoms with Crippen molar-refractivity contribution in [3.05, 3.63) is 53.6 Å². The molecule has 6 nitrogen and oxygen atoms in total. The number of carbonyl (C=O) groups is 1. The van der Waals surface area contributed by atoms with E-state index in [1.807, 2.05) is 0 Å². The number of rotatable bonds is 7. The highest BCUT2D eigenvalue weighted by Crippen LogP contribution is 2.31. The van der Waals surface area contributed by atoms with Gasteiger partial charge in [0.15, 0.2) is 18.1 Å². The van der Waals surface area contributed by atoms with Crippen LogP contribution in [0.2, 0.25) is 0 Å². The van der Waals surface area contributed by atoms with E-state index in [-0.39, 0.29) is 11.4 Å². The maximum Gasteiger partial charge on any atom is 0.416 e. The summed E-state index contributed by atoms with van der Waals surface area (Å²) in [5.41, 5.74) is -0.291. The summed E-state index contributed by atoms with van der Waals surface area (Å²) in [5, 5.41) is 13.8. The normalized spacial score (nSPS) is 11.4. The summed E-state index contributed by atoms with van der Waals surface area (Å²) in [6, 6.07) is 8.98. The van der Waals surface area contributed by atoms with Crippen LogP contribution in [0.5, 0.6) is 11.5 Å². The first-order chi connectivity index (χ1) is 12.8. The molecule has 0 bridgehead atoms. The molecule has 0 fully saturated rings. The van der Waals surface area contributed by atoms with Crippen LogP contribution >= 0.6 is 0 Å². The fourth-order valence-corrected chi connectivity index (χ4v) is 2.17. The monoisotopic (exact) mass is 382 g/mol. The Morgan fingerprint density at radius 2 is 1.96 bits per heavy atom. The maximum absolute atomic E-state index is 12.7. The molecular weight excluding hydrogens is 365 g/mol. The number of oxime groups is 1. The second kappa shape index (κ2) is 8.93. The molecule has 0 saturated heterocycles. The average molecular weight is 382 g/mol. The molecule has 0 aliphatic carbocycles. The number of alkyl halides is 3. The van der Waals surface area contributed by atoms with Crippen molar-refractivity contribution in [3.8, 4) is 11.5 Å². The molecule has 144 valence electrons. The molecule has 0 spiro atoms. The number of ether oxygens (including phenoxy) is 2. The minimum absolute atomic E-state index is 0.0120. The second-order valence-corrected chi connectivity index (χ2v) is 5.30. The largest absolute Gasteiger partial charge is 0.490 e. The number of anilines is 1. The third-order valence-corrected chi connectivity index (χ3v) is 3.31. The number of benzene rings is 2. The standard InChI is InChI=1S/C18H17F3N2O4/c1-2-26-16-8-12(10-22-25)6-7-15(16)27-11-17(24)23-14-5-3-4-13(9-14)18(19,20)21/h3-10,25H,2,11H2,1H3,(H,23,24). The van der Waals surface area contributed by atoms with Crippen LogP contribution in [-0.4, -0.2) is 30.5 Å². The van der Waals surface area contributed by atoms with Gasteiger partial charge in [-0.1, -0.05) is 11.2 Å². The van der Waals surface area contributed by atoms with Crippen LogP contribution < -0.4 is 14.8 Å². The van der Waals surface area contributed by atoms with Crippen LogP contribution in [0.3, 0.4) is 0 Å². The molecular formula is C18H17F3N2O4. The molecule has 0 aromatic heterocycles. The molecule has 9 heteroatoms. The molecule has 2 N–H and O–H groups in total. The van der Waals surface area contributed by atoms with Crippen molar-refractivity contribution < 1.29 is 32.6 Å². The SMILES string of the molecule is CCOc1cc(C=NO)ccc1OCC(=O)Nc1cccc(C(F)(F)F)c1. The van der Waals surface area contributed by atoms with Crippen molar-refractivity contribution in [2.24, 2.45) is 5.16 Å². The molecule has 1 amide bonds. The van der Waals surface area contributed by atoms with Crippen LogP contribution in [-0.2, 0) is 11.0 Å². The quantitative estimate of drug-likeness (QED) is 0.432. The van der Waals surface area contributed by atoms with Gasteiger partial charge < -0.3 is 20.0 Å². The van der Waals surface area contributed by atoms with Crippen molar-refractivity contribution in [1.82, 2.24) is 0 Å². The fourth-order valence-electron chi connectivity index (χ4n) is 2.17. The first-order valence-electron chi connectivity index (χ1n) is 7.87. The van der Waals surface area contributed by atoms with Gasteiger partial charge in [0.2, 0.25) is 0 Å². The number of carbonyl (C=O) groups excluding carboxylic acids is 1. The highest BCUT2D eigenvalue weighted by atomic mass is 19.4. The first kappa shape index (κ1) is 20.1. The van der Waals surface area contributed by atoms with Gasteiger partial charge in [-0.25, -0.2) is 0 Å². The number of nitrogens with one attached hydrogen (secondary N) is 1. The second-order valence-electron chi connectivity index (χ2n) is 5.30. The molecule has 2 aromatic rings. The topological polar surface area (TPSA) is 80.2 Å². The van der Waals surface area contributed by atoms with Gasteiger partial charge in [-0.2, -0.15) is 13.2 Å². The van der Waals surface area contributed by atoms with E-state index >= 15 is 0 Å².